The topological polar surface area (TPSA) is 66.8 Å². The first-order valence-corrected chi connectivity index (χ1v) is 11.5. The minimum atomic E-state index is -1.91. The number of anilines is 1. The Hall–Kier alpha value is -4.22. The predicted molar refractivity (Wildman–Crippen MR) is 134 cm³/mol. The Morgan fingerprint density at radius 1 is 0.771 bits per heavy atom. The van der Waals surface area contributed by atoms with Crippen molar-refractivity contribution in [2.45, 2.75) is 25.2 Å². The van der Waals surface area contributed by atoms with Crippen LogP contribution in [0.5, 0.6) is 5.75 Å². The third kappa shape index (κ3) is 4.59. The molecule has 0 fully saturated rings. The maximum Gasteiger partial charge on any atom is 0.264 e. The van der Waals surface area contributed by atoms with Crippen molar-refractivity contribution >= 4 is 17.4 Å². The summed E-state index contributed by atoms with van der Waals surface area (Å²) in [6.45, 7) is 0.747. The standard InChI is InChI=1S/C30H25NO4/c32-28(24-15-17-25(18-16-24)35-21-23-11-5-2-6-12-23)19-30(34)26-13-7-8-14-27(26)31(29(30)33)20-22-9-3-1-4-10-22/h1-18,34H,19-21H2. The lowest BCUT2D eigenvalue weighted by atomic mass is 9.88. The summed E-state index contributed by atoms with van der Waals surface area (Å²) in [5.41, 5.74) is 1.58. The number of hydrogen-bond donors (Lipinski definition) is 1. The number of nitrogens with zero attached hydrogens (tertiary/aromatic N) is 1. The Bertz CT molecular complexity index is 1340. The van der Waals surface area contributed by atoms with E-state index in [-0.39, 0.29) is 12.2 Å². The second-order valence-electron chi connectivity index (χ2n) is 8.65. The number of aliphatic hydroxyl groups is 1. The number of benzene rings is 4. The Morgan fingerprint density at radius 3 is 2.06 bits per heavy atom. The Morgan fingerprint density at radius 2 is 1.37 bits per heavy atom. The van der Waals surface area contributed by atoms with Gasteiger partial charge in [-0.05, 0) is 41.5 Å². The molecule has 0 spiro atoms. The van der Waals surface area contributed by atoms with Gasteiger partial charge < -0.3 is 14.7 Å². The van der Waals surface area contributed by atoms with E-state index in [4.69, 9.17) is 4.74 Å². The fourth-order valence-electron chi connectivity index (χ4n) is 4.41. The average Bonchev–Trinajstić information content (AvgIpc) is 3.11. The van der Waals surface area contributed by atoms with Crippen LogP contribution in [0.25, 0.3) is 0 Å². The normalized spacial score (nSPS) is 16.7. The lowest BCUT2D eigenvalue weighted by molar-refractivity contribution is -0.136. The van der Waals surface area contributed by atoms with Gasteiger partial charge in [-0.1, -0.05) is 78.9 Å². The van der Waals surface area contributed by atoms with E-state index in [0.717, 1.165) is 11.1 Å². The first kappa shape index (κ1) is 22.6. The highest BCUT2D eigenvalue weighted by molar-refractivity contribution is 6.10. The first-order valence-electron chi connectivity index (χ1n) is 11.5. The smallest absolute Gasteiger partial charge is 0.264 e. The van der Waals surface area contributed by atoms with E-state index in [0.29, 0.717) is 35.7 Å². The highest BCUT2D eigenvalue weighted by Gasteiger charge is 2.50. The number of para-hydroxylation sites is 1. The Balaban J connectivity index is 1.32. The van der Waals surface area contributed by atoms with Crippen LogP contribution in [-0.2, 0) is 23.5 Å². The van der Waals surface area contributed by atoms with E-state index in [1.807, 2.05) is 66.7 Å². The lowest BCUT2D eigenvalue weighted by Gasteiger charge is -2.23. The van der Waals surface area contributed by atoms with Gasteiger partial charge in [0.2, 0.25) is 0 Å². The summed E-state index contributed by atoms with van der Waals surface area (Å²) in [4.78, 5) is 28.1. The van der Waals surface area contributed by atoms with Gasteiger partial charge in [-0.25, -0.2) is 0 Å². The van der Waals surface area contributed by atoms with E-state index in [2.05, 4.69) is 0 Å². The summed E-state index contributed by atoms with van der Waals surface area (Å²) >= 11 is 0. The molecule has 1 N–H and O–H groups in total. The number of fused-ring (bicyclic) bond motifs is 1. The fraction of sp³-hybridized carbons (Fsp3) is 0.133. The second kappa shape index (κ2) is 9.57. The van der Waals surface area contributed by atoms with E-state index < -0.39 is 11.5 Å². The van der Waals surface area contributed by atoms with Crippen molar-refractivity contribution in [3.05, 3.63) is 131 Å². The molecule has 35 heavy (non-hydrogen) atoms. The van der Waals surface area contributed by atoms with Crippen LogP contribution >= 0.6 is 0 Å². The summed E-state index contributed by atoms with van der Waals surface area (Å²) in [6.07, 6.45) is -0.335. The van der Waals surface area contributed by atoms with Crippen LogP contribution in [-0.4, -0.2) is 16.8 Å². The molecule has 5 heteroatoms. The van der Waals surface area contributed by atoms with Crippen molar-refractivity contribution in [3.63, 3.8) is 0 Å². The minimum absolute atomic E-state index is 0.313. The quantitative estimate of drug-likeness (QED) is 0.362. The van der Waals surface area contributed by atoms with E-state index in [1.54, 1.807) is 47.4 Å². The molecule has 0 aromatic heterocycles. The Kier molecular flexibility index (Phi) is 6.17. The SMILES string of the molecule is O=C(CC1(O)C(=O)N(Cc2ccccc2)c2ccccc21)c1ccc(OCc2ccccc2)cc1. The molecule has 1 heterocycles. The fourth-order valence-corrected chi connectivity index (χ4v) is 4.41. The molecule has 1 amide bonds. The molecule has 4 aromatic rings. The maximum absolute atomic E-state index is 13.4. The van der Waals surface area contributed by atoms with Crippen LogP contribution in [0.4, 0.5) is 5.69 Å². The maximum atomic E-state index is 13.4. The average molecular weight is 464 g/mol. The van der Waals surface area contributed by atoms with Gasteiger partial charge >= 0.3 is 0 Å². The number of ketones is 1. The number of carbonyl (C=O) groups excluding carboxylic acids is 2. The number of rotatable bonds is 8. The number of ether oxygens (including phenoxy) is 1. The van der Waals surface area contributed by atoms with Crippen molar-refractivity contribution < 1.29 is 19.4 Å². The molecular weight excluding hydrogens is 438 g/mol. The van der Waals surface area contributed by atoms with Crippen LogP contribution in [0.15, 0.2) is 109 Å². The third-order valence-corrected chi connectivity index (χ3v) is 6.26. The van der Waals surface area contributed by atoms with E-state index >= 15 is 0 Å². The molecule has 4 aromatic carbocycles. The zero-order valence-corrected chi connectivity index (χ0v) is 19.1. The summed E-state index contributed by atoms with van der Waals surface area (Å²) in [5.74, 6) is -0.161. The molecule has 1 aliphatic heterocycles. The largest absolute Gasteiger partial charge is 0.489 e. The number of Topliss-reactive ketones (excluding diaryl/α,β-unsaturated/α-hetero) is 1. The summed E-state index contributed by atoms with van der Waals surface area (Å²) in [5, 5.41) is 11.5. The summed E-state index contributed by atoms with van der Waals surface area (Å²) in [6, 6.07) is 33.3. The van der Waals surface area contributed by atoms with Crippen molar-refractivity contribution in [2.75, 3.05) is 4.90 Å². The van der Waals surface area contributed by atoms with Gasteiger partial charge in [0.25, 0.3) is 5.91 Å². The Labute approximate surface area is 204 Å². The van der Waals surface area contributed by atoms with Crippen molar-refractivity contribution in [3.8, 4) is 5.75 Å². The predicted octanol–water partition coefficient (Wildman–Crippen LogP) is 5.27. The van der Waals surface area contributed by atoms with Gasteiger partial charge in [-0.3, -0.25) is 9.59 Å². The molecule has 0 saturated carbocycles. The molecule has 5 rings (SSSR count). The monoisotopic (exact) mass is 463 g/mol. The summed E-state index contributed by atoms with van der Waals surface area (Å²) in [7, 11) is 0. The first-order chi connectivity index (χ1) is 17.0. The van der Waals surface area contributed by atoms with Gasteiger partial charge in [0.1, 0.15) is 12.4 Å². The zero-order chi connectivity index (χ0) is 24.3. The van der Waals surface area contributed by atoms with Gasteiger partial charge in [0, 0.05) is 11.1 Å². The molecule has 0 aliphatic carbocycles. The molecule has 0 radical (unpaired) electrons. The molecule has 5 nitrogen and oxygen atoms in total. The molecular formula is C30H25NO4. The van der Waals surface area contributed by atoms with Crippen molar-refractivity contribution in [1.29, 1.82) is 0 Å². The van der Waals surface area contributed by atoms with Crippen LogP contribution in [0.3, 0.4) is 0 Å². The van der Waals surface area contributed by atoms with Crippen LogP contribution < -0.4 is 9.64 Å². The number of hydrogen-bond acceptors (Lipinski definition) is 4. The van der Waals surface area contributed by atoms with Gasteiger partial charge in [0.05, 0.1) is 18.7 Å². The minimum Gasteiger partial charge on any atom is -0.489 e. The molecule has 0 saturated heterocycles. The molecule has 1 aliphatic rings. The number of amides is 1. The molecule has 0 bridgehead atoms. The van der Waals surface area contributed by atoms with Gasteiger partial charge in [-0.15, -0.1) is 0 Å². The third-order valence-electron chi connectivity index (χ3n) is 6.26. The van der Waals surface area contributed by atoms with Crippen molar-refractivity contribution in [2.24, 2.45) is 0 Å². The lowest BCUT2D eigenvalue weighted by Crippen LogP contribution is -2.41. The highest BCUT2D eigenvalue weighted by atomic mass is 16.5. The number of carbonyl (C=O) groups is 2. The van der Waals surface area contributed by atoms with Crippen LogP contribution in [0.1, 0.15) is 33.5 Å². The van der Waals surface area contributed by atoms with Crippen molar-refractivity contribution in [1.82, 2.24) is 0 Å². The molecule has 1 unspecified atom stereocenters. The van der Waals surface area contributed by atoms with Gasteiger partial charge in [-0.2, -0.15) is 0 Å². The summed E-state index contributed by atoms with van der Waals surface area (Å²) < 4.78 is 5.79. The molecule has 1 atom stereocenters. The van der Waals surface area contributed by atoms with Gasteiger partial charge in [0.15, 0.2) is 11.4 Å². The molecule has 174 valence electrons. The second-order valence-corrected chi connectivity index (χ2v) is 8.65. The zero-order valence-electron chi connectivity index (χ0n) is 19.1. The van der Waals surface area contributed by atoms with E-state index in [9.17, 15) is 14.7 Å². The van der Waals surface area contributed by atoms with Crippen LogP contribution in [0.2, 0.25) is 0 Å². The van der Waals surface area contributed by atoms with E-state index in [1.165, 1.54) is 0 Å². The van der Waals surface area contributed by atoms with Crippen LogP contribution in [0, 0.1) is 0 Å². The highest BCUT2D eigenvalue weighted by Crippen LogP contribution is 2.43.